The van der Waals surface area contributed by atoms with Crippen molar-refractivity contribution in [3.05, 3.63) is 48.5 Å². The number of para-hydroxylation sites is 2. The predicted molar refractivity (Wildman–Crippen MR) is 104 cm³/mol. The smallest absolute Gasteiger partial charge is 0.0735 e. The predicted octanol–water partition coefficient (Wildman–Crippen LogP) is 3.34. The Labute approximate surface area is 134 Å². The van der Waals surface area contributed by atoms with Crippen LogP contribution in [-0.2, 0) is 14.1 Å². The zero-order chi connectivity index (χ0) is 15.4. The van der Waals surface area contributed by atoms with Crippen LogP contribution in [0.2, 0.25) is 0 Å². The van der Waals surface area contributed by atoms with Gasteiger partial charge in [-0.3, -0.25) is 0 Å². The minimum absolute atomic E-state index is 1.26. The summed E-state index contributed by atoms with van der Waals surface area (Å²) < 4.78 is 4.58. The van der Waals surface area contributed by atoms with E-state index >= 15 is 0 Å². The molecule has 0 N–H and O–H groups in total. The van der Waals surface area contributed by atoms with Crippen LogP contribution in [0.3, 0.4) is 0 Å². The van der Waals surface area contributed by atoms with Crippen LogP contribution in [-0.4, -0.2) is 9.13 Å². The van der Waals surface area contributed by atoms with Crippen molar-refractivity contribution in [3.63, 3.8) is 0 Å². The zero-order valence-electron chi connectivity index (χ0n) is 12.7. The fraction of sp³-hybridized carbons (Fsp3) is 0.111. The molecule has 22 heavy (non-hydrogen) atoms. The van der Waals surface area contributed by atoms with Crippen LogP contribution < -0.4 is 10.6 Å². The highest BCUT2D eigenvalue weighted by Crippen LogP contribution is 2.31. The molecule has 0 aliphatic carbocycles. The molecule has 0 aliphatic heterocycles. The van der Waals surface area contributed by atoms with Gasteiger partial charge in [0.1, 0.15) is 0 Å². The second-order valence-electron chi connectivity index (χ2n) is 5.68. The molecule has 4 aromatic rings. The third-order valence-electron chi connectivity index (χ3n) is 4.52. The standard InChI is InChI=1S/C18H18N2P2/c1-19-13-9-5-3-7-11(13)17(21)15(19)16-18(22)12-8-4-6-10-14(12)20(16)2/h3-10H,21-22H2,1-2H3. The molecule has 0 bridgehead atoms. The van der Waals surface area contributed by atoms with E-state index in [2.05, 4.69) is 90.2 Å². The summed E-state index contributed by atoms with van der Waals surface area (Å²) in [5.74, 6) is 0. The van der Waals surface area contributed by atoms with Gasteiger partial charge in [-0.05, 0) is 12.1 Å². The van der Waals surface area contributed by atoms with E-state index in [0.29, 0.717) is 0 Å². The Balaban J connectivity index is 2.17. The fourth-order valence-electron chi connectivity index (χ4n) is 3.42. The third kappa shape index (κ3) is 1.75. The van der Waals surface area contributed by atoms with E-state index in [4.69, 9.17) is 0 Å². The number of hydrogen-bond acceptors (Lipinski definition) is 0. The van der Waals surface area contributed by atoms with Crippen LogP contribution in [0.4, 0.5) is 0 Å². The number of nitrogens with zero attached hydrogens (tertiary/aromatic N) is 2. The Morgan fingerprint density at radius 2 is 1.00 bits per heavy atom. The molecule has 2 aromatic carbocycles. The molecule has 0 aliphatic rings. The van der Waals surface area contributed by atoms with Gasteiger partial charge in [-0.2, -0.15) is 0 Å². The van der Waals surface area contributed by atoms with Crippen molar-refractivity contribution in [1.82, 2.24) is 9.13 Å². The molecule has 2 heterocycles. The molecule has 0 saturated heterocycles. The first kappa shape index (κ1) is 14.0. The molecule has 4 rings (SSSR count). The largest absolute Gasteiger partial charge is 0.342 e. The Hall–Kier alpha value is -1.62. The molecule has 0 fully saturated rings. The van der Waals surface area contributed by atoms with Gasteiger partial charge in [0, 0.05) is 46.5 Å². The van der Waals surface area contributed by atoms with Crippen LogP contribution in [0, 0.1) is 0 Å². The number of aromatic nitrogens is 2. The first-order chi connectivity index (χ1) is 10.6. The topological polar surface area (TPSA) is 9.86 Å². The van der Waals surface area contributed by atoms with Crippen molar-refractivity contribution in [2.24, 2.45) is 14.1 Å². The lowest BCUT2D eigenvalue weighted by molar-refractivity contribution is 0.928. The van der Waals surface area contributed by atoms with E-state index in [1.807, 2.05) is 0 Å². The quantitative estimate of drug-likeness (QED) is 0.475. The molecule has 0 radical (unpaired) electrons. The van der Waals surface area contributed by atoms with Crippen molar-refractivity contribution in [2.75, 3.05) is 0 Å². The fourth-order valence-corrected chi connectivity index (χ4v) is 4.57. The minimum Gasteiger partial charge on any atom is -0.342 e. The number of aryl methyl sites for hydroxylation is 2. The Morgan fingerprint density at radius 1 is 0.636 bits per heavy atom. The molecular weight excluding hydrogens is 306 g/mol. The minimum atomic E-state index is 1.26. The van der Waals surface area contributed by atoms with Gasteiger partial charge in [-0.1, -0.05) is 36.4 Å². The highest BCUT2D eigenvalue weighted by atomic mass is 31.0. The first-order valence-electron chi connectivity index (χ1n) is 7.27. The van der Waals surface area contributed by atoms with Gasteiger partial charge in [-0.25, -0.2) is 0 Å². The summed E-state index contributed by atoms with van der Waals surface area (Å²) in [5, 5.41) is 5.10. The highest BCUT2D eigenvalue weighted by Gasteiger charge is 2.20. The van der Waals surface area contributed by atoms with Crippen LogP contribution in [0.15, 0.2) is 48.5 Å². The molecule has 2 nitrogen and oxygen atoms in total. The zero-order valence-corrected chi connectivity index (χ0v) is 15.0. The summed E-state index contributed by atoms with van der Waals surface area (Å²) in [6.07, 6.45) is 0. The third-order valence-corrected chi connectivity index (χ3v) is 5.69. The summed E-state index contributed by atoms with van der Waals surface area (Å²) in [4.78, 5) is 0. The lowest BCUT2D eigenvalue weighted by atomic mass is 10.2. The van der Waals surface area contributed by atoms with Crippen molar-refractivity contribution < 1.29 is 0 Å². The average molecular weight is 324 g/mol. The summed E-state index contributed by atoms with van der Waals surface area (Å²) in [6.45, 7) is 0. The molecule has 0 spiro atoms. The highest BCUT2D eigenvalue weighted by molar-refractivity contribution is 7.30. The SMILES string of the molecule is Cn1c(-c2c(P)c3ccccc3n2C)c(P)c2ccccc21. The molecule has 2 aromatic heterocycles. The van der Waals surface area contributed by atoms with Gasteiger partial charge in [0.15, 0.2) is 0 Å². The molecule has 4 heteroatoms. The van der Waals surface area contributed by atoms with Crippen LogP contribution in [0.25, 0.3) is 33.2 Å². The van der Waals surface area contributed by atoms with Gasteiger partial charge < -0.3 is 9.13 Å². The summed E-state index contributed by atoms with van der Waals surface area (Å²) in [7, 11) is 10.2. The van der Waals surface area contributed by atoms with E-state index in [9.17, 15) is 0 Å². The van der Waals surface area contributed by atoms with Gasteiger partial charge in [0.05, 0.1) is 11.4 Å². The summed E-state index contributed by atoms with van der Waals surface area (Å²) in [6, 6.07) is 17.1. The van der Waals surface area contributed by atoms with E-state index in [1.165, 1.54) is 43.8 Å². The van der Waals surface area contributed by atoms with Gasteiger partial charge >= 0.3 is 0 Å². The van der Waals surface area contributed by atoms with Crippen molar-refractivity contribution in [2.45, 2.75) is 0 Å². The second kappa shape index (κ2) is 4.95. The van der Waals surface area contributed by atoms with Gasteiger partial charge in [0.2, 0.25) is 0 Å². The molecule has 2 unspecified atom stereocenters. The Kier molecular flexibility index (Phi) is 3.15. The lowest BCUT2D eigenvalue weighted by Crippen LogP contribution is -2.08. The number of fused-ring (bicyclic) bond motifs is 2. The molecule has 0 saturated carbocycles. The average Bonchev–Trinajstić information content (AvgIpc) is 2.94. The number of hydrogen-bond donors (Lipinski definition) is 0. The normalized spacial score (nSPS) is 11.6. The van der Waals surface area contributed by atoms with Gasteiger partial charge in [-0.15, -0.1) is 18.5 Å². The Morgan fingerprint density at radius 3 is 1.36 bits per heavy atom. The Bertz CT molecular complexity index is 863. The summed E-state index contributed by atoms with van der Waals surface area (Å²) >= 11 is 0. The summed E-state index contributed by atoms with van der Waals surface area (Å²) in [5.41, 5.74) is 5.04. The second-order valence-corrected chi connectivity index (χ2v) is 6.83. The number of benzene rings is 2. The van der Waals surface area contributed by atoms with E-state index in [0.717, 1.165) is 0 Å². The van der Waals surface area contributed by atoms with Crippen LogP contribution in [0.5, 0.6) is 0 Å². The molecule has 2 atom stereocenters. The molecule has 110 valence electrons. The van der Waals surface area contributed by atoms with Crippen molar-refractivity contribution >= 4 is 50.9 Å². The van der Waals surface area contributed by atoms with E-state index in [1.54, 1.807) is 0 Å². The van der Waals surface area contributed by atoms with E-state index in [-0.39, 0.29) is 0 Å². The molecular formula is C18H18N2P2. The van der Waals surface area contributed by atoms with Crippen LogP contribution >= 0.6 is 18.5 Å². The first-order valence-corrected chi connectivity index (χ1v) is 8.43. The monoisotopic (exact) mass is 324 g/mol. The maximum atomic E-state index is 2.93. The molecule has 0 amide bonds. The number of rotatable bonds is 1. The lowest BCUT2D eigenvalue weighted by Gasteiger charge is -2.09. The van der Waals surface area contributed by atoms with Crippen molar-refractivity contribution in [3.8, 4) is 11.4 Å². The van der Waals surface area contributed by atoms with Crippen LogP contribution in [0.1, 0.15) is 0 Å². The maximum Gasteiger partial charge on any atom is 0.0735 e. The van der Waals surface area contributed by atoms with Crippen molar-refractivity contribution in [1.29, 1.82) is 0 Å². The van der Waals surface area contributed by atoms with E-state index < -0.39 is 0 Å². The van der Waals surface area contributed by atoms with Gasteiger partial charge in [0.25, 0.3) is 0 Å². The maximum absolute atomic E-state index is 2.93.